The molecule has 0 saturated heterocycles. The van der Waals surface area contributed by atoms with Gasteiger partial charge >= 0.3 is 0 Å². The Morgan fingerprint density at radius 3 is 2.22 bits per heavy atom. The van der Waals surface area contributed by atoms with Crippen LogP contribution in [0, 0.1) is 0 Å². The third-order valence-electron chi connectivity index (χ3n) is 2.36. The van der Waals surface area contributed by atoms with Crippen LogP contribution in [0.2, 0.25) is 10.0 Å². The molecule has 0 unspecified atom stereocenters. The molecule has 0 saturated carbocycles. The Hall–Kier alpha value is -1.51. The zero-order valence-electron chi connectivity index (χ0n) is 9.61. The molecule has 2 rings (SSSR count). The molecule has 0 aliphatic carbocycles. The third-order valence-corrected chi connectivity index (χ3v) is 2.85. The molecule has 0 fully saturated rings. The van der Waals surface area contributed by atoms with Crippen LogP contribution in [-0.2, 0) is 0 Å². The van der Waals surface area contributed by atoms with Crippen molar-refractivity contribution in [2.75, 3.05) is 0 Å². The number of carbonyl (C=O) groups is 1. The fourth-order valence-corrected chi connectivity index (χ4v) is 1.79. The van der Waals surface area contributed by atoms with Gasteiger partial charge in [-0.05, 0) is 43.3 Å². The summed E-state index contributed by atoms with van der Waals surface area (Å²) in [4.78, 5) is 11.5. The Kier molecular flexibility index (Phi) is 3.90. The molecule has 0 aromatic heterocycles. The molecule has 0 radical (unpaired) electrons. The Bertz CT molecular complexity index is 577. The second-order valence-electron chi connectivity index (χ2n) is 3.75. The van der Waals surface area contributed by atoms with E-state index < -0.39 is 0 Å². The SMILES string of the molecule is CC(=O)c1ccc(Cl)cc1Oc1ccc(Cl)cc1. The minimum absolute atomic E-state index is 0.0735. The first-order chi connectivity index (χ1) is 8.56. The molecule has 0 amide bonds. The van der Waals surface area contributed by atoms with Crippen LogP contribution in [0.4, 0.5) is 0 Å². The predicted octanol–water partition coefficient (Wildman–Crippen LogP) is 4.99. The van der Waals surface area contributed by atoms with Crippen LogP contribution in [-0.4, -0.2) is 5.78 Å². The number of carbonyl (C=O) groups excluding carboxylic acids is 1. The summed E-state index contributed by atoms with van der Waals surface area (Å²) >= 11 is 11.7. The smallest absolute Gasteiger partial charge is 0.163 e. The summed E-state index contributed by atoms with van der Waals surface area (Å²) in [5, 5.41) is 1.14. The van der Waals surface area contributed by atoms with E-state index in [1.54, 1.807) is 42.5 Å². The molecule has 0 aliphatic heterocycles. The summed E-state index contributed by atoms with van der Waals surface area (Å²) in [5.41, 5.74) is 0.495. The Balaban J connectivity index is 2.35. The fourth-order valence-electron chi connectivity index (χ4n) is 1.50. The molecule has 18 heavy (non-hydrogen) atoms. The number of ketones is 1. The first-order valence-electron chi connectivity index (χ1n) is 5.30. The van der Waals surface area contributed by atoms with Crippen LogP contribution in [0.25, 0.3) is 0 Å². The van der Waals surface area contributed by atoms with Crippen molar-refractivity contribution < 1.29 is 9.53 Å². The van der Waals surface area contributed by atoms with Crippen LogP contribution < -0.4 is 4.74 Å². The monoisotopic (exact) mass is 280 g/mol. The zero-order valence-corrected chi connectivity index (χ0v) is 11.1. The topological polar surface area (TPSA) is 26.3 Å². The van der Waals surface area contributed by atoms with E-state index in [0.29, 0.717) is 27.1 Å². The minimum atomic E-state index is -0.0735. The minimum Gasteiger partial charge on any atom is -0.457 e. The normalized spacial score (nSPS) is 10.2. The van der Waals surface area contributed by atoms with Gasteiger partial charge in [-0.2, -0.15) is 0 Å². The van der Waals surface area contributed by atoms with Crippen LogP contribution >= 0.6 is 23.2 Å². The summed E-state index contributed by atoms with van der Waals surface area (Å²) in [6, 6.07) is 11.8. The predicted molar refractivity (Wildman–Crippen MR) is 73.0 cm³/mol. The number of ether oxygens (including phenoxy) is 1. The maximum atomic E-state index is 11.5. The van der Waals surface area contributed by atoms with Gasteiger partial charge in [0.25, 0.3) is 0 Å². The Morgan fingerprint density at radius 2 is 1.61 bits per heavy atom. The summed E-state index contributed by atoms with van der Waals surface area (Å²) in [5.74, 6) is 0.970. The summed E-state index contributed by atoms with van der Waals surface area (Å²) in [6.45, 7) is 1.48. The largest absolute Gasteiger partial charge is 0.457 e. The molecule has 0 aliphatic rings. The quantitative estimate of drug-likeness (QED) is 0.741. The van der Waals surface area contributed by atoms with E-state index in [1.807, 2.05) is 0 Å². The van der Waals surface area contributed by atoms with E-state index in [4.69, 9.17) is 27.9 Å². The number of hydrogen-bond donors (Lipinski definition) is 0. The maximum Gasteiger partial charge on any atom is 0.163 e. The molecule has 0 N–H and O–H groups in total. The number of rotatable bonds is 3. The number of hydrogen-bond acceptors (Lipinski definition) is 2. The lowest BCUT2D eigenvalue weighted by Gasteiger charge is -2.09. The van der Waals surface area contributed by atoms with Crippen LogP contribution in [0.15, 0.2) is 42.5 Å². The lowest BCUT2D eigenvalue weighted by Crippen LogP contribution is -1.96. The zero-order chi connectivity index (χ0) is 13.1. The van der Waals surface area contributed by atoms with Gasteiger partial charge in [0, 0.05) is 16.1 Å². The fraction of sp³-hybridized carbons (Fsp3) is 0.0714. The van der Waals surface area contributed by atoms with E-state index in [-0.39, 0.29) is 5.78 Å². The molecule has 2 aromatic rings. The highest BCUT2D eigenvalue weighted by atomic mass is 35.5. The van der Waals surface area contributed by atoms with Crippen molar-refractivity contribution in [3.05, 3.63) is 58.1 Å². The van der Waals surface area contributed by atoms with Crippen LogP contribution in [0.5, 0.6) is 11.5 Å². The Morgan fingerprint density at radius 1 is 1.00 bits per heavy atom. The van der Waals surface area contributed by atoms with Crippen molar-refractivity contribution in [1.29, 1.82) is 0 Å². The Labute approximate surface area is 115 Å². The molecule has 0 atom stereocenters. The first kappa shape index (κ1) is 12.9. The molecule has 0 bridgehead atoms. The summed E-state index contributed by atoms with van der Waals surface area (Å²) < 4.78 is 5.64. The van der Waals surface area contributed by atoms with Gasteiger partial charge in [-0.25, -0.2) is 0 Å². The van der Waals surface area contributed by atoms with Gasteiger partial charge < -0.3 is 4.74 Å². The average molecular weight is 281 g/mol. The lowest BCUT2D eigenvalue weighted by molar-refractivity contribution is 0.101. The molecule has 2 nitrogen and oxygen atoms in total. The second kappa shape index (κ2) is 5.42. The van der Waals surface area contributed by atoms with Crippen molar-refractivity contribution in [3.8, 4) is 11.5 Å². The first-order valence-corrected chi connectivity index (χ1v) is 6.06. The highest BCUT2D eigenvalue weighted by Crippen LogP contribution is 2.29. The summed E-state index contributed by atoms with van der Waals surface area (Å²) in [6.07, 6.45) is 0. The van der Waals surface area contributed by atoms with Crippen molar-refractivity contribution in [2.24, 2.45) is 0 Å². The van der Waals surface area contributed by atoms with Crippen LogP contribution in [0.3, 0.4) is 0 Å². The van der Waals surface area contributed by atoms with E-state index in [0.717, 1.165) is 0 Å². The van der Waals surface area contributed by atoms with E-state index >= 15 is 0 Å². The van der Waals surface area contributed by atoms with Crippen molar-refractivity contribution >= 4 is 29.0 Å². The van der Waals surface area contributed by atoms with Gasteiger partial charge in [-0.15, -0.1) is 0 Å². The van der Waals surface area contributed by atoms with Gasteiger partial charge in [0.15, 0.2) is 5.78 Å². The van der Waals surface area contributed by atoms with Crippen molar-refractivity contribution in [3.63, 3.8) is 0 Å². The number of halogens is 2. The highest BCUT2D eigenvalue weighted by molar-refractivity contribution is 6.31. The molecular formula is C14H10Cl2O2. The molecule has 0 spiro atoms. The lowest BCUT2D eigenvalue weighted by atomic mass is 10.1. The number of benzene rings is 2. The average Bonchev–Trinajstić information content (AvgIpc) is 2.32. The van der Waals surface area contributed by atoms with Crippen molar-refractivity contribution in [1.82, 2.24) is 0 Å². The van der Waals surface area contributed by atoms with Gasteiger partial charge in [0.1, 0.15) is 11.5 Å². The van der Waals surface area contributed by atoms with E-state index in [9.17, 15) is 4.79 Å². The van der Waals surface area contributed by atoms with Gasteiger partial charge in [0.05, 0.1) is 5.56 Å². The van der Waals surface area contributed by atoms with E-state index in [1.165, 1.54) is 6.92 Å². The maximum absolute atomic E-state index is 11.5. The molecule has 0 heterocycles. The molecular weight excluding hydrogens is 271 g/mol. The molecule has 2 aromatic carbocycles. The standard InChI is InChI=1S/C14H10Cl2O2/c1-9(17)13-7-4-11(16)8-14(13)18-12-5-2-10(15)3-6-12/h2-8H,1H3. The summed E-state index contributed by atoms with van der Waals surface area (Å²) in [7, 11) is 0. The number of Topliss-reactive ketones (excluding diaryl/α,β-unsaturated/α-hetero) is 1. The van der Waals surface area contributed by atoms with Gasteiger partial charge in [-0.3, -0.25) is 4.79 Å². The van der Waals surface area contributed by atoms with Crippen molar-refractivity contribution in [2.45, 2.75) is 6.92 Å². The second-order valence-corrected chi connectivity index (χ2v) is 4.63. The molecule has 92 valence electrons. The van der Waals surface area contributed by atoms with E-state index in [2.05, 4.69) is 0 Å². The third kappa shape index (κ3) is 3.03. The molecule has 4 heteroatoms. The van der Waals surface area contributed by atoms with Gasteiger partial charge in [-0.1, -0.05) is 23.2 Å². The highest BCUT2D eigenvalue weighted by Gasteiger charge is 2.10. The van der Waals surface area contributed by atoms with Gasteiger partial charge in [0.2, 0.25) is 0 Å². The van der Waals surface area contributed by atoms with Crippen LogP contribution in [0.1, 0.15) is 17.3 Å².